The Hall–Kier alpha value is -1.85. The van der Waals surface area contributed by atoms with Crippen molar-refractivity contribution in [3.63, 3.8) is 0 Å². The molecule has 112 valence electrons. The number of likely N-dealkylation sites (N-methyl/N-ethyl adjacent to an activating group) is 2. The molecule has 0 aromatic carbocycles. The van der Waals surface area contributed by atoms with E-state index in [9.17, 15) is 4.79 Å². The largest absolute Gasteiger partial charge is 0.370 e. The molecule has 0 saturated heterocycles. The van der Waals surface area contributed by atoms with Crippen LogP contribution in [-0.2, 0) is 4.79 Å². The number of aryl methyl sites for hydroxylation is 1. The van der Waals surface area contributed by atoms with Crippen LogP contribution in [0.4, 0.5) is 11.6 Å². The fourth-order valence-electron chi connectivity index (χ4n) is 1.90. The van der Waals surface area contributed by atoms with Crippen LogP contribution in [0.15, 0.2) is 0 Å². The van der Waals surface area contributed by atoms with E-state index in [2.05, 4.69) is 15.3 Å². The van der Waals surface area contributed by atoms with Gasteiger partial charge in [-0.2, -0.15) is 0 Å². The van der Waals surface area contributed by atoms with Crippen molar-refractivity contribution in [2.75, 3.05) is 43.9 Å². The predicted molar refractivity (Wildman–Crippen MR) is 82.3 cm³/mol. The SMILES string of the molecule is CCNc1nc(C)nc(N(CC)CC(=O)N(C)C)c1C. The van der Waals surface area contributed by atoms with E-state index < -0.39 is 0 Å². The van der Waals surface area contributed by atoms with Gasteiger partial charge in [-0.15, -0.1) is 0 Å². The highest BCUT2D eigenvalue weighted by Crippen LogP contribution is 2.23. The highest BCUT2D eigenvalue weighted by molar-refractivity contribution is 5.81. The van der Waals surface area contributed by atoms with Crippen molar-refractivity contribution in [1.29, 1.82) is 0 Å². The molecule has 0 atom stereocenters. The summed E-state index contributed by atoms with van der Waals surface area (Å²) >= 11 is 0. The van der Waals surface area contributed by atoms with Crippen molar-refractivity contribution in [3.8, 4) is 0 Å². The van der Waals surface area contributed by atoms with E-state index in [-0.39, 0.29) is 5.91 Å². The van der Waals surface area contributed by atoms with Crippen LogP contribution in [-0.4, -0.2) is 54.5 Å². The highest BCUT2D eigenvalue weighted by Gasteiger charge is 2.17. The third kappa shape index (κ3) is 3.82. The van der Waals surface area contributed by atoms with Crippen molar-refractivity contribution in [3.05, 3.63) is 11.4 Å². The smallest absolute Gasteiger partial charge is 0.241 e. The van der Waals surface area contributed by atoms with Crippen molar-refractivity contribution in [2.24, 2.45) is 0 Å². The van der Waals surface area contributed by atoms with Gasteiger partial charge in [-0.3, -0.25) is 4.79 Å². The van der Waals surface area contributed by atoms with Crippen LogP contribution in [0.3, 0.4) is 0 Å². The lowest BCUT2D eigenvalue weighted by Gasteiger charge is -2.25. The van der Waals surface area contributed by atoms with Crippen LogP contribution < -0.4 is 10.2 Å². The Morgan fingerprint density at radius 2 is 1.85 bits per heavy atom. The molecule has 0 aliphatic carbocycles. The van der Waals surface area contributed by atoms with Gasteiger partial charge in [0.2, 0.25) is 5.91 Å². The predicted octanol–water partition coefficient (Wildman–Crippen LogP) is 1.44. The van der Waals surface area contributed by atoms with Crippen LogP contribution in [0.2, 0.25) is 0 Å². The molecule has 0 aliphatic rings. The molecular weight excluding hydrogens is 254 g/mol. The van der Waals surface area contributed by atoms with Gasteiger partial charge in [0.1, 0.15) is 17.5 Å². The number of anilines is 2. The van der Waals surface area contributed by atoms with E-state index in [1.54, 1.807) is 19.0 Å². The minimum Gasteiger partial charge on any atom is -0.370 e. The second-order valence-electron chi connectivity index (χ2n) is 4.90. The lowest BCUT2D eigenvalue weighted by Crippen LogP contribution is -2.37. The first kappa shape index (κ1) is 16.2. The van der Waals surface area contributed by atoms with Crippen molar-refractivity contribution >= 4 is 17.5 Å². The number of carbonyl (C=O) groups excluding carboxylic acids is 1. The van der Waals surface area contributed by atoms with Gasteiger partial charge in [-0.05, 0) is 27.7 Å². The Bertz CT molecular complexity index is 473. The molecule has 1 amide bonds. The average molecular weight is 279 g/mol. The van der Waals surface area contributed by atoms with Gasteiger partial charge in [0.15, 0.2) is 0 Å². The number of hydrogen-bond acceptors (Lipinski definition) is 5. The van der Waals surface area contributed by atoms with Gasteiger partial charge in [0.25, 0.3) is 0 Å². The Balaban J connectivity index is 3.11. The molecule has 0 fully saturated rings. The number of amides is 1. The zero-order valence-electron chi connectivity index (χ0n) is 13.3. The number of aromatic nitrogens is 2. The summed E-state index contributed by atoms with van der Waals surface area (Å²) in [5.41, 5.74) is 0.978. The normalized spacial score (nSPS) is 10.3. The third-order valence-electron chi connectivity index (χ3n) is 3.08. The van der Waals surface area contributed by atoms with Crippen LogP contribution >= 0.6 is 0 Å². The summed E-state index contributed by atoms with van der Waals surface area (Å²) in [7, 11) is 3.52. The molecule has 0 spiro atoms. The van der Waals surface area contributed by atoms with Gasteiger partial charge in [-0.1, -0.05) is 0 Å². The summed E-state index contributed by atoms with van der Waals surface area (Å²) in [5.74, 6) is 2.43. The maximum absolute atomic E-state index is 11.9. The monoisotopic (exact) mass is 279 g/mol. The highest BCUT2D eigenvalue weighted by atomic mass is 16.2. The zero-order chi connectivity index (χ0) is 15.3. The first-order valence-electron chi connectivity index (χ1n) is 6.94. The van der Waals surface area contributed by atoms with E-state index in [0.717, 1.165) is 30.3 Å². The standard InChI is InChI=1S/C14H25N5O/c1-7-15-13-10(3)14(17-11(4)16-13)19(8-2)9-12(20)18(5)6/h7-9H2,1-6H3,(H,15,16,17). The molecule has 0 bridgehead atoms. The summed E-state index contributed by atoms with van der Waals surface area (Å²) in [6, 6.07) is 0. The van der Waals surface area contributed by atoms with Gasteiger partial charge in [0.05, 0.1) is 6.54 Å². The Kier molecular flexibility index (Phi) is 5.73. The third-order valence-corrected chi connectivity index (χ3v) is 3.08. The molecule has 0 saturated carbocycles. The van der Waals surface area contributed by atoms with Gasteiger partial charge in [-0.25, -0.2) is 9.97 Å². The summed E-state index contributed by atoms with van der Waals surface area (Å²) < 4.78 is 0. The lowest BCUT2D eigenvalue weighted by atomic mass is 10.2. The van der Waals surface area contributed by atoms with Gasteiger partial charge >= 0.3 is 0 Å². The molecule has 0 unspecified atom stereocenters. The Labute approximate surface area is 121 Å². The summed E-state index contributed by atoms with van der Waals surface area (Å²) in [5, 5.41) is 3.24. The van der Waals surface area contributed by atoms with E-state index in [0.29, 0.717) is 12.4 Å². The van der Waals surface area contributed by atoms with Crippen LogP contribution in [0.1, 0.15) is 25.2 Å². The second kappa shape index (κ2) is 7.07. The Morgan fingerprint density at radius 1 is 1.20 bits per heavy atom. The number of hydrogen-bond donors (Lipinski definition) is 1. The number of carbonyl (C=O) groups is 1. The molecule has 20 heavy (non-hydrogen) atoms. The fraction of sp³-hybridized carbons (Fsp3) is 0.643. The quantitative estimate of drug-likeness (QED) is 0.854. The molecular formula is C14H25N5O. The van der Waals surface area contributed by atoms with E-state index in [1.807, 2.05) is 32.6 Å². The number of nitrogens with one attached hydrogen (secondary N) is 1. The molecule has 1 N–H and O–H groups in total. The number of rotatable bonds is 6. The molecule has 6 heteroatoms. The molecule has 6 nitrogen and oxygen atoms in total. The van der Waals surface area contributed by atoms with Crippen molar-refractivity contribution in [2.45, 2.75) is 27.7 Å². The van der Waals surface area contributed by atoms with Crippen molar-refractivity contribution in [1.82, 2.24) is 14.9 Å². The maximum atomic E-state index is 11.9. The van der Waals surface area contributed by atoms with Crippen LogP contribution in [0.25, 0.3) is 0 Å². The topological polar surface area (TPSA) is 61.4 Å². The van der Waals surface area contributed by atoms with Gasteiger partial charge in [0, 0.05) is 32.7 Å². The average Bonchev–Trinajstić information content (AvgIpc) is 2.39. The molecule has 0 aliphatic heterocycles. The molecule has 1 aromatic rings. The van der Waals surface area contributed by atoms with Gasteiger partial charge < -0.3 is 15.1 Å². The van der Waals surface area contributed by atoms with E-state index in [4.69, 9.17) is 0 Å². The zero-order valence-corrected chi connectivity index (χ0v) is 13.3. The van der Waals surface area contributed by atoms with E-state index >= 15 is 0 Å². The lowest BCUT2D eigenvalue weighted by molar-refractivity contribution is -0.127. The number of nitrogens with zero attached hydrogens (tertiary/aromatic N) is 4. The minimum absolute atomic E-state index is 0.0625. The summed E-state index contributed by atoms with van der Waals surface area (Å²) in [6.07, 6.45) is 0. The summed E-state index contributed by atoms with van der Waals surface area (Å²) in [4.78, 5) is 24.4. The minimum atomic E-state index is 0.0625. The van der Waals surface area contributed by atoms with Crippen LogP contribution in [0, 0.1) is 13.8 Å². The summed E-state index contributed by atoms with van der Waals surface area (Å²) in [6.45, 7) is 9.76. The first-order chi connectivity index (χ1) is 9.40. The van der Waals surface area contributed by atoms with Crippen LogP contribution in [0.5, 0.6) is 0 Å². The Morgan fingerprint density at radius 3 is 2.35 bits per heavy atom. The molecule has 1 heterocycles. The molecule has 1 rings (SSSR count). The second-order valence-corrected chi connectivity index (χ2v) is 4.90. The molecule has 1 aromatic heterocycles. The van der Waals surface area contributed by atoms with Crippen molar-refractivity contribution < 1.29 is 4.79 Å². The fourth-order valence-corrected chi connectivity index (χ4v) is 1.90. The first-order valence-corrected chi connectivity index (χ1v) is 6.94. The van der Waals surface area contributed by atoms with E-state index in [1.165, 1.54) is 0 Å². The maximum Gasteiger partial charge on any atom is 0.241 e. The molecule has 0 radical (unpaired) electrons.